The van der Waals surface area contributed by atoms with E-state index in [2.05, 4.69) is 4.98 Å². The zero-order chi connectivity index (χ0) is 18.1. The number of carbonyl (C=O) groups is 2. The number of ketones is 2. The van der Waals surface area contributed by atoms with Gasteiger partial charge in [-0.1, -0.05) is 30.3 Å². The van der Waals surface area contributed by atoms with E-state index in [-0.39, 0.29) is 11.6 Å². The van der Waals surface area contributed by atoms with Gasteiger partial charge in [-0.15, -0.1) is 0 Å². The molecule has 1 aliphatic carbocycles. The van der Waals surface area contributed by atoms with E-state index in [4.69, 9.17) is 4.74 Å². The summed E-state index contributed by atoms with van der Waals surface area (Å²) in [6, 6.07) is 11.0. The van der Waals surface area contributed by atoms with E-state index in [1.165, 1.54) is 0 Å². The van der Waals surface area contributed by atoms with E-state index >= 15 is 0 Å². The third kappa shape index (κ3) is 3.13. The molecule has 0 atom stereocenters. The monoisotopic (exact) mass is 347 g/mol. The number of hydrogen-bond donors (Lipinski definition) is 0. The average molecular weight is 347 g/mol. The highest BCUT2D eigenvalue weighted by Crippen LogP contribution is 2.32. The summed E-state index contributed by atoms with van der Waals surface area (Å²) in [5, 5.41) is 0. The second-order valence-corrected chi connectivity index (χ2v) is 7.11. The highest BCUT2D eigenvalue weighted by atomic mass is 16.5. The molecule has 2 aliphatic rings. The summed E-state index contributed by atoms with van der Waals surface area (Å²) in [7, 11) is 0. The summed E-state index contributed by atoms with van der Waals surface area (Å²) < 4.78 is 5.23. The van der Waals surface area contributed by atoms with Gasteiger partial charge in [0, 0.05) is 46.5 Å². The van der Waals surface area contributed by atoms with Crippen molar-refractivity contribution in [3.05, 3.63) is 76.1 Å². The molecule has 26 heavy (non-hydrogen) atoms. The molecule has 1 aliphatic heterocycles. The molecule has 0 N–H and O–H groups in total. The number of benzene rings is 1. The van der Waals surface area contributed by atoms with Gasteiger partial charge in [0.25, 0.3) is 0 Å². The van der Waals surface area contributed by atoms with Gasteiger partial charge in [0.1, 0.15) is 0 Å². The van der Waals surface area contributed by atoms with E-state index in [9.17, 15) is 9.59 Å². The fourth-order valence-electron chi connectivity index (χ4n) is 3.51. The normalized spacial score (nSPS) is 17.3. The Morgan fingerprint density at radius 1 is 1.00 bits per heavy atom. The minimum absolute atomic E-state index is 0.0115. The van der Waals surface area contributed by atoms with Crippen molar-refractivity contribution in [1.29, 1.82) is 0 Å². The van der Waals surface area contributed by atoms with E-state index in [0.29, 0.717) is 41.0 Å². The SMILES string of the molecule is Cc1ccc(CC2=C(CCC3COC3)C(=O)c3ccccc3C2=O)nc1. The minimum Gasteiger partial charge on any atom is -0.381 e. The predicted molar refractivity (Wildman–Crippen MR) is 98.4 cm³/mol. The van der Waals surface area contributed by atoms with Crippen LogP contribution in [0.15, 0.2) is 53.7 Å². The summed E-state index contributed by atoms with van der Waals surface area (Å²) in [5.41, 5.74) is 4.18. The van der Waals surface area contributed by atoms with Crippen LogP contribution in [0.1, 0.15) is 44.8 Å². The summed E-state index contributed by atoms with van der Waals surface area (Å²) in [6.07, 6.45) is 3.69. The number of Topliss-reactive ketones (excluding diaryl/α,β-unsaturated/α-hetero) is 2. The van der Waals surface area contributed by atoms with Crippen LogP contribution in [0.3, 0.4) is 0 Å². The van der Waals surface area contributed by atoms with Crippen LogP contribution in [-0.2, 0) is 11.2 Å². The van der Waals surface area contributed by atoms with Crippen LogP contribution >= 0.6 is 0 Å². The second-order valence-electron chi connectivity index (χ2n) is 7.11. The predicted octanol–water partition coefficient (Wildman–Crippen LogP) is 3.73. The lowest BCUT2D eigenvalue weighted by molar-refractivity contribution is -0.0352. The van der Waals surface area contributed by atoms with Crippen molar-refractivity contribution in [2.24, 2.45) is 5.92 Å². The van der Waals surface area contributed by atoms with Crippen molar-refractivity contribution < 1.29 is 14.3 Å². The van der Waals surface area contributed by atoms with Gasteiger partial charge in [-0.3, -0.25) is 14.6 Å². The van der Waals surface area contributed by atoms with Gasteiger partial charge in [0.05, 0.1) is 13.2 Å². The van der Waals surface area contributed by atoms with E-state index in [1.807, 2.05) is 31.2 Å². The van der Waals surface area contributed by atoms with Gasteiger partial charge in [-0.2, -0.15) is 0 Å². The standard InChI is InChI=1S/C22H21NO3/c1-14-6-8-16(23-11-14)10-20-19(9-7-15-12-26-13-15)21(24)17-4-2-3-5-18(17)22(20)25/h2-6,8,11,15H,7,9-10,12-13H2,1H3. The fraction of sp³-hybridized carbons (Fsp3) is 0.318. The van der Waals surface area contributed by atoms with Crippen LogP contribution in [0.5, 0.6) is 0 Å². The molecule has 1 fully saturated rings. The van der Waals surface area contributed by atoms with Gasteiger partial charge in [-0.05, 0) is 31.4 Å². The molecule has 0 bridgehead atoms. The lowest BCUT2D eigenvalue weighted by atomic mass is 9.79. The molecule has 4 nitrogen and oxygen atoms in total. The molecule has 1 aromatic heterocycles. The lowest BCUT2D eigenvalue weighted by Crippen LogP contribution is -2.29. The van der Waals surface area contributed by atoms with Crippen LogP contribution < -0.4 is 0 Å². The number of carbonyl (C=O) groups excluding carboxylic acids is 2. The number of hydrogen-bond acceptors (Lipinski definition) is 4. The molecule has 0 unspecified atom stereocenters. The highest BCUT2D eigenvalue weighted by molar-refractivity contribution is 6.27. The molecule has 0 radical (unpaired) electrons. The minimum atomic E-state index is -0.0394. The van der Waals surface area contributed by atoms with E-state index in [1.54, 1.807) is 18.3 Å². The van der Waals surface area contributed by atoms with Gasteiger partial charge in [0.15, 0.2) is 11.6 Å². The quantitative estimate of drug-likeness (QED) is 0.827. The summed E-state index contributed by atoms with van der Waals surface area (Å²) >= 11 is 0. The third-order valence-electron chi connectivity index (χ3n) is 5.17. The van der Waals surface area contributed by atoms with Gasteiger partial charge in [-0.25, -0.2) is 0 Å². The van der Waals surface area contributed by atoms with Gasteiger partial charge < -0.3 is 4.74 Å². The number of fused-ring (bicyclic) bond motifs is 1. The molecule has 2 aromatic rings. The van der Waals surface area contributed by atoms with Gasteiger partial charge in [0.2, 0.25) is 0 Å². The first kappa shape index (κ1) is 16.9. The maximum atomic E-state index is 13.1. The van der Waals surface area contributed by atoms with Crippen molar-refractivity contribution in [3.8, 4) is 0 Å². The van der Waals surface area contributed by atoms with Crippen LogP contribution in [-0.4, -0.2) is 29.8 Å². The summed E-state index contributed by atoms with van der Waals surface area (Å²) in [6.45, 7) is 3.48. The molecular weight excluding hydrogens is 326 g/mol. The molecule has 132 valence electrons. The summed E-state index contributed by atoms with van der Waals surface area (Å²) in [4.78, 5) is 30.6. The van der Waals surface area contributed by atoms with Crippen LogP contribution in [0.2, 0.25) is 0 Å². The smallest absolute Gasteiger partial charge is 0.190 e. The van der Waals surface area contributed by atoms with Gasteiger partial charge >= 0.3 is 0 Å². The number of aryl methyl sites for hydroxylation is 1. The number of nitrogens with zero attached hydrogens (tertiary/aromatic N) is 1. The molecule has 0 saturated carbocycles. The Kier molecular flexibility index (Phi) is 4.51. The molecule has 1 saturated heterocycles. The maximum absolute atomic E-state index is 13.1. The van der Waals surface area contributed by atoms with Crippen molar-refractivity contribution in [3.63, 3.8) is 0 Å². The Morgan fingerprint density at radius 2 is 1.69 bits per heavy atom. The van der Waals surface area contributed by atoms with E-state index < -0.39 is 0 Å². The lowest BCUT2D eigenvalue weighted by Gasteiger charge is -2.27. The van der Waals surface area contributed by atoms with Crippen molar-refractivity contribution in [2.45, 2.75) is 26.2 Å². The van der Waals surface area contributed by atoms with Crippen molar-refractivity contribution in [1.82, 2.24) is 4.98 Å². The number of allylic oxidation sites excluding steroid dienone is 2. The number of ether oxygens (including phenoxy) is 1. The molecule has 0 amide bonds. The Hall–Kier alpha value is -2.59. The second kappa shape index (κ2) is 6.96. The highest BCUT2D eigenvalue weighted by Gasteiger charge is 2.32. The van der Waals surface area contributed by atoms with Crippen LogP contribution in [0, 0.1) is 12.8 Å². The van der Waals surface area contributed by atoms with Crippen molar-refractivity contribution in [2.75, 3.05) is 13.2 Å². The summed E-state index contributed by atoms with van der Waals surface area (Å²) in [5.74, 6) is 0.436. The number of aromatic nitrogens is 1. The van der Waals surface area contributed by atoms with Crippen LogP contribution in [0.4, 0.5) is 0 Å². The number of pyridine rings is 1. The zero-order valence-electron chi connectivity index (χ0n) is 14.8. The topological polar surface area (TPSA) is 56.3 Å². The molecule has 0 spiro atoms. The zero-order valence-corrected chi connectivity index (χ0v) is 14.8. The van der Waals surface area contributed by atoms with E-state index in [0.717, 1.165) is 30.9 Å². The molecule has 1 aromatic carbocycles. The third-order valence-corrected chi connectivity index (χ3v) is 5.17. The molecular formula is C22H21NO3. The first-order chi connectivity index (χ1) is 12.6. The largest absolute Gasteiger partial charge is 0.381 e. The Bertz CT molecular complexity index is 892. The molecule has 4 heteroatoms. The van der Waals surface area contributed by atoms with Crippen molar-refractivity contribution >= 4 is 11.6 Å². The van der Waals surface area contributed by atoms with Crippen LogP contribution in [0.25, 0.3) is 0 Å². The number of rotatable bonds is 5. The fourth-order valence-corrected chi connectivity index (χ4v) is 3.51. The first-order valence-electron chi connectivity index (χ1n) is 9.03. The first-order valence-corrected chi connectivity index (χ1v) is 9.03. The maximum Gasteiger partial charge on any atom is 0.190 e. The Balaban J connectivity index is 1.70. The molecule has 2 heterocycles. The molecule has 4 rings (SSSR count). The Labute approximate surface area is 152 Å². The Morgan fingerprint density at radius 3 is 2.27 bits per heavy atom. The average Bonchev–Trinajstić information content (AvgIpc) is 2.62.